The van der Waals surface area contributed by atoms with E-state index < -0.39 is 17.5 Å². The highest BCUT2D eigenvalue weighted by atomic mass is 16.6. The summed E-state index contributed by atoms with van der Waals surface area (Å²) in [6.45, 7) is 7.90. The Morgan fingerprint density at radius 2 is 1.97 bits per heavy atom. The van der Waals surface area contributed by atoms with E-state index in [0.717, 1.165) is 6.42 Å². The Morgan fingerprint density at radius 1 is 1.21 bits per heavy atom. The van der Waals surface area contributed by atoms with Crippen LogP contribution < -0.4 is 10.2 Å². The third kappa shape index (κ3) is 5.01. The van der Waals surface area contributed by atoms with Crippen molar-refractivity contribution in [3.05, 3.63) is 23.7 Å². The fourth-order valence-corrected chi connectivity index (χ4v) is 3.03. The number of carbonyl (C=O) groups excluding carboxylic acids is 3. The van der Waals surface area contributed by atoms with Gasteiger partial charge < -0.3 is 14.5 Å². The van der Waals surface area contributed by atoms with Gasteiger partial charge in [0.2, 0.25) is 5.95 Å². The van der Waals surface area contributed by atoms with Crippen molar-refractivity contribution >= 4 is 30.1 Å². The Balaban J connectivity index is 1.70. The van der Waals surface area contributed by atoms with E-state index in [4.69, 9.17) is 4.74 Å². The van der Waals surface area contributed by atoms with E-state index in [9.17, 15) is 14.4 Å². The van der Waals surface area contributed by atoms with Gasteiger partial charge >= 0.3 is 12.1 Å². The number of urea groups is 1. The number of rotatable bonds is 2. The summed E-state index contributed by atoms with van der Waals surface area (Å²) in [5, 5.41) is 2.23. The van der Waals surface area contributed by atoms with Crippen LogP contribution in [0, 0.1) is 0 Å². The van der Waals surface area contributed by atoms with Crippen LogP contribution >= 0.6 is 0 Å². The van der Waals surface area contributed by atoms with Crippen molar-refractivity contribution < 1.29 is 19.1 Å². The number of amides is 4. The lowest BCUT2D eigenvalue weighted by Gasteiger charge is -2.26. The number of nitrogens with zero attached hydrogens (tertiary/aromatic N) is 5. The smallest absolute Gasteiger partial charge is 0.410 e. The Bertz CT molecular complexity index is 847. The Labute approximate surface area is 169 Å². The summed E-state index contributed by atoms with van der Waals surface area (Å²) in [4.78, 5) is 49.6. The standard InChI is InChI=1S/C19H26N6O4/c1-19(2,3)29-18(28)25-9-5-8-24(10-11-25)16-20-7-6-13(21-16)12-14-15(26)22-17(27)23(14)4/h6-7,12H,5,8-11H2,1-4H3,(H,22,26,27)/b14-12-. The van der Waals surface area contributed by atoms with Gasteiger partial charge in [-0.05, 0) is 39.3 Å². The van der Waals surface area contributed by atoms with Crippen LogP contribution in [0.15, 0.2) is 18.0 Å². The van der Waals surface area contributed by atoms with Gasteiger partial charge in [0.1, 0.15) is 11.3 Å². The Morgan fingerprint density at radius 3 is 2.62 bits per heavy atom. The molecule has 0 saturated carbocycles. The number of aromatic nitrogens is 2. The van der Waals surface area contributed by atoms with Crippen LogP contribution in [0.4, 0.5) is 15.5 Å². The molecule has 0 aliphatic carbocycles. The predicted molar refractivity (Wildman–Crippen MR) is 106 cm³/mol. The lowest BCUT2D eigenvalue weighted by atomic mass is 10.2. The molecule has 29 heavy (non-hydrogen) atoms. The molecule has 2 fully saturated rings. The molecule has 2 saturated heterocycles. The monoisotopic (exact) mass is 402 g/mol. The normalized spacial score (nSPS) is 19.4. The van der Waals surface area contributed by atoms with Crippen LogP contribution in [0.2, 0.25) is 0 Å². The molecule has 0 atom stereocenters. The van der Waals surface area contributed by atoms with E-state index in [1.54, 1.807) is 23.2 Å². The average Bonchev–Trinajstić information content (AvgIpc) is 2.84. The second kappa shape index (κ2) is 8.06. The van der Waals surface area contributed by atoms with Crippen molar-refractivity contribution in [1.29, 1.82) is 0 Å². The quantitative estimate of drug-likeness (QED) is 0.589. The highest BCUT2D eigenvalue weighted by molar-refractivity contribution is 6.13. The van der Waals surface area contributed by atoms with Crippen molar-refractivity contribution in [2.24, 2.45) is 0 Å². The summed E-state index contributed by atoms with van der Waals surface area (Å²) in [6.07, 6.45) is 3.60. The molecule has 4 amide bonds. The fourth-order valence-electron chi connectivity index (χ4n) is 3.03. The number of anilines is 1. The zero-order valence-electron chi connectivity index (χ0n) is 17.1. The summed E-state index contributed by atoms with van der Waals surface area (Å²) in [7, 11) is 1.52. The van der Waals surface area contributed by atoms with Gasteiger partial charge in [-0.15, -0.1) is 0 Å². The number of nitrogens with one attached hydrogen (secondary N) is 1. The van der Waals surface area contributed by atoms with Crippen molar-refractivity contribution in [1.82, 2.24) is 25.1 Å². The molecule has 0 bridgehead atoms. The average molecular weight is 402 g/mol. The maximum atomic E-state index is 12.3. The van der Waals surface area contributed by atoms with Crippen LogP contribution in [-0.4, -0.2) is 76.6 Å². The summed E-state index contributed by atoms with van der Waals surface area (Å²) in [5.74, 6) is 0.0539. The van der Waals surface area contributed by atoms with Crippen LogP contribution in [0.5, 0.6) is 0 Å². The van der Waals surface area contributed by atoms with E-state index in [2.05, 4.69) is 15.3 Å². The van der Waals surface area contributed by atoms with Gasteiger partial charge in [0.15, 0.2) is 0 Å². The molecule has 156 valence electrons. The number of carbonyl (C=O) groups is 3. The molecule has 10 nitrogen and oxygen atoms in total. The van der Waals surface area contributed by atoms with E-state index >= 15 is 0 Å². The predicted octanol–water partition coefficient (Wildman–Crippen LogP) is 1.45. The van der Waals surface area contributed by atoms with Gasteiger partial charge in [0.25, 0.3) is 5.91 Å². The molecule has 0 unspecified atom stereocenters. The van der Waals surface area contributed by atoms with E-state index in [1.165, 1.54) is 11.9 Å². The van der Waals surface area contributed by atoms with Crippen LogP contribution in [0.3, 0.4) is 0 Å². The summed E-state index contributed by atoms with van der Waals surface area (Å²) < 4.78 is 5.46. The number of hydrogen-bond donors (Lipinski definition) is 1. The SMILES string of the molecule is CN1C(=O)NC(=O)/C1=C/c1ccnc(N2CCCN(C(=O)OC(C)(C)C)CC2)n1. The van der Waals surface area contributed by atoms with Gasteiger partial charge in [-0.25, -0.2) is 19.6 Å². The number of likely N-dealkylation sites (N-methyl/N-ethyl adjacent to an activating group) is 1. The first kappa shape index (κ1) is 20.6. The van der Waals surface area contributed by atoms with Crippen molar-refractivity contribution in [2.75, 3.05) is 38.1 Å². The molecule has 1 N–H and O–H groups in total. The zero-order valence-corrected chi connectivity index (χ0v) is 17.1. The first-order valence-corrected chi connectivity index (χ1v) is 9.51. The van der Waals surface area contributed by atoms with Crippen LogP contribution in [0.1, 0.15) is 32.9 Å². The van der Waals surface area contributed by atoms with E-state index in [-0.39, 0.29) is 11.8 Å². The maximum absolute atomic E-state index is 12.3. The highest BCUT2D eigenvalue weighted by Crippen LogP contribution is 2.17. The topological polar surface area (TPSA) is 108 Å². The van der Waals surface area contributed by atoms with Gasteiger partial charge in [-0.2, -0.15) is 0 Å². The Hall–Kier alpha value is -3.17. The lowest BCUT2D eigenvalue weighted by molar-refractivity contribution is -0.115. The molecule has 1 aromatic heterocycles. The lowest BCUT2D eigenvalue weighted by Crippen LogP contribution is -2.39. The summed E-state index contributed by atoms with van der Waals surface area (Å²) >= 11 is 0. The second-order valence-corrected chi connectivity index (χ2v) is 7.94. The molecule has 0 spiro atoms. The first-order chi connectivity index (χ1) is 13.6. The van der Waals surface area contributed by atoms with E-state index in [0.29, 0.717) is 37.8 Å². The summed E-state index contributed by atoms with van der Waals surface area (Å²) in [5.41, 5.74) is 0.219. The van der Waals surface area contributed by atoms with Crippen molar-refractivity contribution in [2.45, 2.75) is 32.8 Å². The molecule has 1 aromatic rings. The zero-order chi connectivity index (χ0) is 21.2. The van der Waals surface area contributed by atoms with Crippen LogP contribution in [0.25, 0.3) is 6.08 Å². The minimum atomic E-state index is -0.533. The Kier molecular flexibility index (Phi) is 5.71. The van der Waals surface area contributed by atoms with Gasteiger partial charge in [-0.1, -0.05) is 0 Å². The van der Waals surface area contributed by atoms with E-state index in [1.807, 2.05) is 25.7 Å². The highest BCUT2D eigenvalue weighted by Gasteiger charge is 2.30. The minimum Gasteiger partial charge on any atom is -0.444 e. The molecule has 2 aliphatic heterocycles. The van der Waals surface area contributed by atoms with Gasteiger partial charge in [-0.3, -0.25) is 15.0 Å². The third-order valence-electron chi connectivity index (χ3n) is 4.50. The maximum Gasteiger partial charge on any atom is 0.410 e. The molecule has 0 aromatic carbocycles. The number of ether oxygens (including phenoxy) is 1. The number of imide groups is 1. The summed E-state index contributed by atoms with van der Waals surface area (Å²) in [6, 6.07) is 1.20. The van der Waals surface area contributed by atoms with Crippen molar-refractivity contribution in [3.63, 3.8) is 0 Å². The second-order valence-electron chi connectivity index (χ2n) is 7.94. The van der Waals surface area contributed by atoms with Gasteiger partial charge in [0, 0.05) is 39.4 Å². The number of hydrogen-bond acceptors (Lipinski definition) is 7. The molecule has 3 heterocycles. The molecule has 10 heteroatoms. The largest absolute Gasteiger partial charge is 0.444 e. The molecule has 2 aliphatic rings. The molecule has 3 rings (SSSR count). The third-order valence-corrected chi connectivity index (χ3v) is 4.50. The fraction of sp³-hybridized carbons (Fsp3) is 0.526. The van der Waals surface area contributed by atoms with Crippen LogP contribution in [-0.2, 0) is 9.53 Å². The molecular weight excluding hydrogens is 376 g/mol. The molecular formula is C19H26N6O4. The minimum absolute atomic E-state index is 0.228. The van der Waals surface area contributed by atoms with Crippen molar-refractivity contribution in [3.8, 4) is 0 Å². The van der Waals surface area contributed by atoms with Gasteiger partial charge in [0.05, 0.1) is 5.69 Å². The molecule has 0 radical (unpaired) electrons. The first-order valence-electron chi connectivity index (χ1n) is 9.51.